The highest BCUT2D eigenvalue weighted by molar-refractivity contribution is 6.06. The summed E-state index contributed by atoms with van der Waals surface area (Å²) in [6.07, 6.45) is 1.20. The summed E-state index contributed by atoms with van der Waals surface area (Å²) in [4.78, 5) is 23.7. The van der Waals surface area contributed by atoms with Gasteiger partial charge in [-0.1, -0.05) is 25.1 Å². The molecule has 1 aliphatic heterocycles. The van der Waals surface area contributed by atoms with Gasteiger partial charge in [0.1, 0.15) is 0 Å². The number of aryl methyl sites for hydroxylation is 1. The maximum Gasteiger partial charge on any atom is 0.255 e. The van der Waals surface area contributed by atoms with Gasteiger partial charge in [0.2, 0.25) is 5.91 Å². The zero-order valence-electron chi connectivity index (χ0n) is 11.8. The summed E-state index contributed by atoms with van der Waals surface area (Å²) in [6.45, 7) is 2.05. The van der Waals surface area contributed by atoms with E-state index in [1.54, 1.807) is 18.2 Å². The highest BCUT2D eigenvalue weighted by atomic mass is 16.2. The van der Waals surface area contributed by atoms with Gasteiger partial charge in [-0.15, -0.1) is 0 Å². The summed E-state index contributed by atoms with van der Waals surface area (Å²) in [5, 5.41) is 5.70. The molecule has 2 amide bonds. The van der Waals surface area contributed by atoms with E-state index in [4.69, 9.17) is 0 Å². The number of fused-ring (bicyclic) bond motifs is 1. The summed E-state index contributed by atoms with van der Waals surface area (Å²) in [5.41, 5.74) is 4.17. The number of para-hydroxylation sites is 1. The first kappa shape index (κ1) is 13.4. The quantitative estimate of drug-likeness (QED) is 0.908. The zero-order valence-corrected chi connectivity index (χ0v) is 11.8. The molecule has 3 rings (SSSR count). The van der Waals surface area contributed by atoms with Gasteiger partial charge in [-0.25, -0.2) is 0 Å². The zero-order chi connectivity index (χ0) is 14.8. The first-order chi connectivity index (χ1) is 10.2. The number of hydrogen-bond acceptors (Lipinski definition) is 2. The van der Waals surface area contributed by atoms with Gasteiger partial charge in [0.15, 0.2) is 0 Å². The molecule has 0 radical (unpaired) electrons. The molecule has 0 saturated carbocycles. The van der Waals surface area contributed by atoms with E-state index in [1.807, 2.05) is 24.3 Å². The fourth-order valence-electron chi connectivity index (χ4n) is 2.52. The van der Waals surface area contributed by atoms with Crippen molar-refractivity contribution in [1.29, 1.82) is 0 Å². The summed E-state index contributed by atoms with van der Waals surface area (Å²) in [6, 6.07) is 13.0. The Balaban J connectivity index is 1.83. The van der Waals surface area contributed by atoms with Crippen molar-refractivity contribution in [2.45, 2.75) is 19.8 Å². The molecular weight excluding hydrogens is 264 g/mol. The molecule has 0 aliphatic carbocycles. The van der Waals surface area contributed by atoms with E-state index >= 15 is 0 Å². The largest absolute Gasteiger partial charge is 0.326 e. The molecule has 0 bridgehead atoms. The van der Waals surface area contributed by atoms with Gasteiger partial charge in [-0.2, -0.15) is 0 Å². The highest BCUT2D eigenvalue weighted by Gasteiger charge is 2.19. The van der Waals surface area contributed by atoms with E-state index in [-0.39, 0.29) is 11.8 Å². The van der Waals surface area contributed by atoms with Gasteiger partial charge < -0.3 is 10.6 Å². The fourth-order valence-corrected chi connectivity index (χ4v) is 2.52. The first-order valence-corrected chi connectivity index (χ1v) is 6.99. The van der Waals surface area contributed by atoms with Crippen LogP contribution in [0.1, 0.15) is 28.4 Å². The third kappa shape index (κ3) is 2.65. The number of rotatable bonds is 3. The molecule has 21 heavy (non-hydrogen) atoms. The Morgan fingerprint density at radius 2 is 2.05 bits per heavy atom. The molecular formula is C17H16N2O2. The third-order valence-electron chi connectivity index (χ3n) is 3.64. The second-order valence-corrected chi connectivity index (χ2v) is 5.06. The summed E-state index contributed by atoms with van der Waals surface area (Å²) >= 11 is 0. The minimum absolute atomic E-state index is 0.0288. The molecule has 4 nitrogen and oxygen atoms in total. The van der Waals surface area contributed by atoms with Crippen LogP contribution >= 0.6 is 0 Å². The van der Waals surface area contributed by atoms with Crippen molar-refractivity contribution >= 4 is 23.2 Å². The average molecular weight is 280 g/mol. The number of benzene rings is 2. The smallest absolute Gasteiger partial charge is 0.255 e. The standard InChI is InChI=1S/C17H16N2O2/c1-2-11-5-3-4-6-14(11)19-17(21)12-7-8-15-13(9-12)10-16(20)18-15/h3-9H,2,10H2,1H3,(H,18,20)(H,19,21). The van der Waals surface area contributed by atoms with E-state index in [0.717, 1.165) is 28.9 Å². The van der Waals surface area contributed by atoms with Crippen LogP contribution in [0.3, 0.4) is 0 Å². The van der Waals surface area contributed by atoms with Crippen LogP contribution in [0.2, 0.25) is 0 Å². The highest BCUT2D eigenvalue weighted by Crippen LogP contribution is 2.24. The van der Waals surface area contributed by atoms with Crippen molar-refractivity contribution in [3.8, 4) is 0 Å². The van der Waals surface area contributed by atoms with E-state index in [2.05, 4.69) is 17.6 Å². The Hall–Kier alpha value is -2.62. The lowest BCUT2D eigenvalue weighted by atomic mass is 10.1. The number of hydrogen-bond donors (Lipinski definition) is 2. The lowest BCUT2D eigenvalue weighted by molar-refractivity contribution is -0.115. The van der Waals surface area contributed by atoms with Crippen molar-refractivity contribution in [2.24, 2.45) is 0 Å². The van der Waals surface area contributed by atoms with Gasteiger partial charge in [-0.05, 0) is 41.8 Å². The first-order valence-electron chi connectivity index (χ1n) is 6.99. The van der Waals surface area contributed by atoms with Crippen LogP contribution in [0.25, 0.3) is 0 Å². The Labute approximate surface area is 123 Å². The number of nitrogens with one attached hydrogen (secondary N) is 2. The molecule has 2 aromatic carbocycles. The lowest BCUT2D eigenvalue weighted by Gasteiger charge is -2.10. The fraction of sp³-hybridized carbons (Fsp3) is 0.176. The molecule has 2 N–H and O–H groups in total. The van der Waals surface area contributed by atoms with Gasteiger partial charge in [-0.3, -0.25) is 9.59 Å². The van der Waals surface area contributed by atoms with Crippen molar-refractivity contribution in [1.82, 2.24) is 0 Å². The van der Waals surface area contributed by atoms with Crippen LogP contribution in [0, 0.1) is 0 Å². The SMILES string of the molecule is CCc1ccccc1NC(=O)c1ccc2c(c1)CC(=O)N2. The number of anilines is 2. The molecule has 4 heteroatoms. The van der Waals surface area contributed by atoms with Crippen LogP contribution < -0.4 is 10.6 Å². The monoisotopic (exact) mass is 280 g/mol. The third-order valence-corrected chi connectivity index (χ3v) is 3.64. The van der Waals surface area contributed by atoms with Crippen LogP contribution in [-0.4, -0.2) is 11.8 Å². The van der Waals surface area contributed by atoms with Gasteiger partial charge in [0.05, 0.1) is 6.42 Å². The van der Waals surface area contributed by atoms with Crippen LogP contribution in [0.15, 0.2) is 42.5 Å². The van der Waals surface area contributed by atoms with E-state index in [9.17, 15) is 9.59 Å². The van der Waals surface area contributed by atoms with Crippen molar-refractivity contribution < 1.29 is 9.59 Å². The number of carbonyl (C=O) groups is 2. The molecule has 106 valence electrons. The van der Waals surface area contributed by atoms with E-state index in [0.29, 0.717) is 12.0 Å². The predicted molar refractivity (Wildman–Crippen MR) is 82.5 cm³/mol. The van der Waals surface area contributed by atoms with Gasteiger partial charge in [0.25, 0.3) is 5.91 Å². The molecule has 0 fully saturated rings. The predicted octanol–water partition coefficient (Wildman–Crippen LogP) is 3.00. The van der Waals surface area contributed by atoms with Crippen LogP contribution in [0.4, 0.5) is 11.4 Å². The minimum Gasteiger partial charge on any atom is -0.326 e. The van der Waals surface area contributed by atoms with Gasteiger partial charge in [0, 0.05) is 16.9 Å². The second kappa shape index (κ2) is 5.40. The van der Waals surface area contributed by atoms with Crippen molar-refractivity contribution in [2.75, 3.05) is 10.6 Å². The normalized spacial score (nSPS) is 12.7. The molecule has 0 aromatic heterocycles. The lowest BCUT2D eigenvalue weighted by Crippen LogP contribution is -2.13. The van der Waals surface area contributed by atoms with E-state index in [1.165, 1.54) is 0 Å². The molecule has 0 spiro atoms. The Kier molecular flexibility index (Phi) is 3.44. The van der Waals surface area contributed by atoms with Crippen molar-refractivity contribution in [3.63, 3.8) is 0 Å². The molecule has 0 atom stereocenters. The summed E-state index contributed by atoms with van der Waals surface area (Å²) in [7, 11) is 0. The second-order valence-electron chi connectivity index (χ2n) is 5.06. The summed E-state index contributed by atoms with van der Waals surface area (Å²) < 4.78 is 0. The Morgan fingerprint density at radius 1 is 1.24 bits per heavy atom. The Bertz CT molecular complexity index is 722. The minimum atomic E-state index is -0.155. The maximum absolute atomic E-state index is 12.3. The maximum atomic E-state index is 12.3. The van der Waals surface area contributed by atoms with Crippen molar-refractivity contribution in [3.05, 3.63) is 59.2 Å². The van der Waals surface area contributed by atoms with Gasteiger partial charge >= 0.3 is 0 Å². The topological polar surface area (TPSA) is 58.2 Å². The number of amides is 2. The molecule has 0 unspecified atom stereocenters. The van der Waals surface area contributed by atoms with Crippen LogP contribution in [0.5, 0.6) is 0 Å². The molecule has 0 saturated heterocycles. The molecule has 2 aromatic rings. The summed E-state index contributed by atoms with van der Waals surface area (Å²) in [5.74, 6) is -0.183. The number of carbonyl (C=O) groups excluding carboxylic acids is 2. The molecule has 1 aliphatic rings. The van der Waals surface area contributed by atoms with Crippen LogP contribution in [-0.2, 0) is 17.6 Å². The Morgan fingerprint density at radius 3 is 2.86 bits per heavy atom. The molecule has 1 heterocycles. The van der Waals surface area contributed by atoms with E-state index < -0.39 is 0 Å². The average Bonchev–Trinajstić information content (AvgIpc) is 2.86.